The second-order valence-corrected chi connectivity index (χ2v) is 5.81. The minimum atomic E-state index is 0.534. The summed E-state index contributed by atoms with van der Waals surface area (Å²) in [6.07, 6.45) is 1.09. The first-order chi connectivity index (χ1) is 7.77. The Morgan fingerprint density at radius 2 is 2.25 bits per heavy atom. The van der Waals surface area contributed by atoms with Gasteiger partial charge in [0.15, 0.2) is 0 Å². The van der Waals surface area contributed by atoms with Crippen LogP contribution < -0.4 is 4.74 Å². The van der Waals surface area contributed by atoms with Crippen LogP contribution in [0.1, 0.15) is 18.9 Å². The Kier molecular flexibility index (Phi) is 7.33. The molecule has 1 rings (SSSR count). The molecule has 0 unspecified atom stereocenters. The molecular formula is C12H16BrClOS. The summed E-state index contributed by atoms with van der Waals surface area (Å²) in [6, 6.07) is 5.96. The molecular weight excluding hydrogens is 308 g/mol. The van der Waals surface area contributed by atoms with Gasteiger partial charge in [0, 0.05) is 5.88 Å². The SMILES string of the molecule is CCSCCCOc1ccc(CCl)cc1Br. The van der Waals surface area contributed by atoms with E-state index in [0.29, 0.717) is 5.88 Å². The summed E-state index contributed by atoms with van der Waals surface area (Å²) in [5, 5.41) is 0. The van der Waals surface area contributed by atoms with Crippen LogP contribution in [0.3, 0.4) is 0 Å². The fourth-order valence-electron chi connectivity index (χ4n) is 1.23. The molecule has 0 saturated heterocycles. The van der Waals surface area contributed by atoms with E-state index in [1.165, 1.54) is 5.75 Å². The molecule has 4 heteroatoms. The third-order valence-electron chi connectivity index (χ3n) is 2.05. The first-order valence-electron chi connectivity index (χ1n) is 5.33. The lowest BCUT2D eigenvalue weighted by Crippen LogP contribution is -1.99. The highest BCUT2D eigenvalue weighted by atomic mass is 79.9. The Bertz CT molecular complexity index is 320. The molecule has 0 aromatic heterocycles. The number of thioether (sulfide) groups is 1. The molecule has 0 spiro atoms. The number of hydrogen-bond acceptors (Lipinski definition) is 2. The highest BCUT2D eigenvalue weighted by molar-refractivity contribution is 9.10. The van der Waals surface area contributed by atoms with Crippen LogP contribution in [-0.4, -0.2) is 18.1 Å². The van der Waals surface area contributed by atoms with E-state index < -0.39 is 0 Å². The van der Waals surface area contributed by atoms with Gasteiger partial charge in [-0.1, -0.05) is 13.0 Å². The van der Waals surface area contributed by atoms with E-state index in [1.54, 1.807) is 0 Å². The minimum absolute atomic E-state index is 0.534. The Balaban J connectivity index is 2.36. The molecule has 90 valence electrons. The molecule has 0 aliphatic heterocycles. The predicted molar refractivity (Wildman–Crippen MR) is 76.8 cm³/mol. The maximum Gasteiger partial charge on any atom is 0.133 e. The largest absolute Gasteiger partial charge is 0.492 e. The zero-order chi connectivity index (χ0) is 11.8. The Labute approximate surface area is 115 Å². The molecule has 0 saturated carbocycles. The molecule has 1 nitrogen and oxygen atoms in total. The van der Waals surface area contributed by atoms with Gasteiger partial charge in [-0.15, -0.1) is 11.6 Å². The second kappa shape index (κ2) is 8.26. The van der Waals surface area contributed by atoms with Gasteiger partial charge in [0.25, 0.3) is 0 Å². The van der Waals surface area contributed by atoms with Crippen molar-refractivity contribution < 1.29 is 4.74 Å². The van der Waals surface area contributed by atoms with Gasteiger partial charge >= 0.3 is 0 Å². The normalized spacial score (nSPS) is 10.4. The molecule has 0 heterocycles. The summed E-state index contributed by atoms with van der Waals surface area (Å²) in [5.74, 6) is 3.77. The first kappa shape index (κ1) is 14.2. The zero-order valence-electron chi connectivity index (χ0n) is 9.34. The summed E-state index contributed by atoms with van der Waals surface area (Å²) >= 11 is 11.2. The number of hydrogen-bond donors (Lipinski definition) is 0. The molecule has 16 heavy (non-hydrogen) atoms. The fourth-order valence-corrected chi connectivity index (χ4v) is 2.55. The molecule has 0 aliphatic carbocycles. The van der Waals surface area contributed by atoms with Crippen molar-refractivity contribution in [3.05, 3.63) is 28.2 Å². The Hall–Kier alpha value is 0.140. The van der Waals surface area contributed by atoms with Crippen LogP contribution in [0.25, 0.3) is 0 Å². The van der Waals surface area contributed by atoms with E-state index >= 15 is 0 Å². The van der Waals surface area contributed by atoms with Crippen LogP contribution >= 0.6 is 39.3 Å². The van der Waals surface area contributed by atoms with Crippen molar-refractivity contribution in [3.8, 4) is 5.75 Å². The summed E-state index contributed by atoms with van der Waals surface area (Å²) in [5.41, 5.74) is 1.10. The van der Waals surface area contributed by atoms with Gasteiger partial charge in [-0.2, -0.15) is 11.8 Å². The number of benzene rings is 1. The first-order valence-corrected chi connectivity index (χ1v) is 7.81. The zero-order valence-corrected chi connectivity index (χ0v) is 12.5. The molecule has 0 N–H and O–H groups in total. The van der Waals surface area contributed by atoms with Crippen molar-refractivity contribution in [2.24, 2.45) is 0 Å². The molecule has 0 bridgehead atoms. The molecule has 1 aromatic rings. The van der Waals surface area contributed by atoms with Crippen LogP contribution in [-0.2, 0) is 5.88 Å². The maximum atomic E-state index is 5.75. The number of rotatable bonds is 7. The molecule has 0 amide bonds. The molecule has 0 fully saturated rings. The van der Waals surface area contributed by atoms with E-state index in [0.717, 1.165) is 34.6 Å². The summed E-state index contributed by atoms with van der Waals surface area (Å²) in [6.45, 7) is 2.94. The average Bonchev–Trinajstić information content (AvgIpc) is 2.30. The van der Waals surface area contributed by atoms with E-state index in [4.69, 9.17) is 16.3 Å². The van der Waals surface area contributed by atoms with Gasteiger partial charge < -0.3 is 4.74 Å². The van der Waals surface area contributed by atoms with Crippen LogP contribution in [0.4, 0.5) is 0 Å². The standard InChI is InChI=1S/C12H16BrClOS/c1-2-16-7-3-6-15-12-5-4-10(9-14)8-11(12)13/h4-5,8H,2-3,6-7,9H2,1H3. The lowest BCUT2D eigenvalue weighted by molar-refractivity contribution is 0.316. The van der Waals surface area contributed by atoms with E-state index in [2.05, 4.69) is 22.9 Å². The van der Waals surface area contributed by atoms with Crippen LogP contribution in [0.15, 0.2) is 22.7 Å². The van der Waals surface area contributed by atoms with Crippen LogP contribution in [0, 0.1) is 0 Å². The third kappa shape index (κ3) is 4.98. The minimum Gasteiger partial charge on any atom is -0.492 e. The predicted octanol–water partition coefficient (Wildman–Crippen LogP) is 4.71. The number of alkyl halides is 1. The van der Waals surface area contributed by atoms with Gasteiger partial charge in [-0.05, 0) is 51.6 Å². The lowest BCUT2D eigenvalue weighted by Gasteiger charge is -2.08. The quantitative estimate of drug-likeness (QED) is 0.531. The monoisotopic (exact) mass is 322 g/mol. The summed E-state index contributed by atoms with van der Waals surface area (Å²) < 4.78 is 6.66. The average molecular weight is 324 g/mol. The molecule has 0 atom stereocenters. The highest BCUT2D eigenvalue weighted by Gasteiger charge is 2.01. The molecule has 0 aliphatic rings. The summed E-state index contributed by atoms with van der Waals surface area (Å²) in [7, 11) is 0. The van der Waals surface area contributed by atoms with Gasteiger partial charge in [0.1, 0.15) is 5.75 Å². The summed E-state index contributed by atoms with van der Waals surface area (Å²) in [4.78, 5) is 0. The van der Waals surface area contributed by atoms with Gasteiger partial charge in [0.05, 0.1) is 11.1 Å². The van der Waals surface area contributed by atoms with Gasteiger partial charge in [-0.3, -0.25) is 0 Å². The smallest absolute Gasteiger partial charge is 0.133 e. The lowest BCUT2D eigenvalue weighted by atomic mass is 10.2. The van der Waals surface area contributed by atoms with Crippen LogP contribution in [0.2, 0.25) is 0 Å². The van der Waals surface area contributed by atoms with Gasteiger partial charge in [0.2, 0.25) is 0 Å². The van der Waals surface area contributed by atoms with E-state index in [9.17, 15) is 0 Å². The number of halogens is 2. The molecule has 0 radical (unpaired) electrons. The number of ether oxygens (including phenoxy) is 1. The van der Waals surface area contributed by atoms with Gasteiger partial charge in [-0.25, -0.2) is 0 Å². The van der Waals surface area contributed by atoms with Crippen molar-refractivity contribution in [1.29, 1.82) is 0 Å². The van der Waals surface area contributed by atoms with E-state index in [1.807, 2.05) is 30.0 Å². The molecule has 1 aromatic carbocycles. The Morgan fingerprint density at radius 3 is 2.88 bits per heavy atom. The van der Waals surface area contributed by atoms with Crippen LogP contribution in [0.5, 0.6) is 5.75 Å². The fraction of sp³-hybridized carbons (Fsp3) is 0.500. The topological polar surface area (TPSA) is 9.23 Å². The maximum absolute atomic E-state index is 5.75. The highest BCUT2D eigenvalue weighted by Crippen LogP contribution is 2.26. The van der Waals surface area contributed by atoms with Crippen molar-refractivity contribution in [1.82, 2.24) is 0 Å². The van der Waals surface area contributed by atoms with Crippen molar-refractivity contribution in [3.63, 3.8) is 0 Å². The second-order valence-electron chi connectivity index (χ2n) is 3.30. The van der Waals surface area contributed by atoms with E-state index in [-0.39, 0.29) is 0 Å². The van der Waals surface area contributed by atoms with Crippen molar-refractivity contribution in [2.45, 2.75) is 19.2 Å². The van der Waals surface area contributed by atoms with Crippen molar-refractivity contribution >= 4 is 39.3 Å². The Morgan fingerprint density at radius 1 is 1.44 bits per heavy atom. The van der Waals surface area contributed by atoms with Crippen molar-refractivity contribution in [2.75, 3.05) is 18.1 Å². The third-order valence-corrected chi connectivity index (χ3v) is 3.96.